The maximum Gasteiger partial charge on any atom is 0.329 e. The van der Waals surface area contributed by atoms with Crippen molar-refractivity contribution in [3.63, 3.8) is 0 Å². The van der Waals surface area contributed by atoms with Crippen LogP contribution in [0.3, 0.4) is 0 Å². The molecule has 0 saturated heterocycles. The van der Waals surface area contributed by atoms with Crippen LogP contribution in [-0.4, -0.2) is 34.5 Å². The first-order valence-corrected chi connectivity index (χ1v) is 7.83. The van der Waals surface area contributed by atoms with Crippen LogP contribution >= 0.6 is 0 Å². The molecule has 1 unspecified atom stereocenters. The quantitative estimate of drug-likeness (QED) is 0.715. The van der Waals surface area contributed by atoms with Crippen LogP contribution in [-0.2, 0) is 9.59 Å². The summed E-state index contributed by atoms with van der Waals surface area (Å²) in [5.41, 5.74) is -0.922. The van der Waals surface area contributed by atoms with Gasteiger partial charge < -0.3 is 20.2 Å². The number of carbonyl (C=O) groups is 3. The van der Waals surface area contributed by atoms with Gasteiger partial charge in [0.15, 0.2) is 0 Å². The lowest BCUT2D eigenvalue weighted by Crippen LogP contribution is -2.58. The van der Waals surface area contributed by atoms with Crippen LogP contribution in [0.4, 0.5) is 0 Å². The van der Waals surface area contributed by atoms with Gasteiger partial charge in [0.25, 0.3) is 5.91 Å². The molecule has 1 heterocycles. The zero-order chi connectivity index (χ0) is 16.9. The molecule has 1 aliphatic rings. The predicted molar refractivity (Wildman–Crippen MR) is 81.8 cm³/mol. The highest BCUT2D eigenvalue weighted by Crippen LogP contribution is 2.27. The van der Waals surface area contributed by atoms with Gasteiger partial charge in [0.05, 0.1) is 11.8 Å². The van der Waals surface area contributed by atoms with E-state index in [2.05, 4.69) is 10.6 Å². The van der Waals surface area contributed by atoms with Gasteiger partial charge in [0.1, 0.15) is 17.8 Å². The lowest BCUT2D eigenvalue weighted by molar-refractivity contribution is -0.148. The molecule has 1 saturated carbocycles. The second-order valence-corrected chi connectivity index (χ2v) is 6.00. The molecule has 2 amide bonds. The minimum absolute atomic E-state index is 0.312. The Morgan fingerprint density at radius 2 is 1.87 bits per heavy atom. The smallest absolute Gasteiger partial charge is 0.329 e. The van der Waals surface area contributed by atoms with Gasteiger partial charge in [-0.1, -0.05) is 25.7 Å². The lowest BCUT2D eigenvalue weighted by Gasteiger charge is -2.30. The fourth-order valence-corrected chi connectivity index (χ4v) is 2.81. The van der Waals surface area contributed by atoms with Crippen molar-refractivity contribution in [1.82, 2.24) is 10.6 Å². The Kier molecular flexibility index (Phi) is 5.41. The third-order valence-corrected chi connectivity index (χ3v) is 4.25. The summed E-state index contributed by atoms with van der Waals surface area (Å²) in [4.78, 5) is 35.9. The van der Waals surface area contributed by atoms with E-state index in [9.17, 15) is 19.5 Å². The monoisotopic (exact) mass is 322 g/mol. The first-order valence-electron chi connectivity index (χ1n) is 7.83. The van der Waals surface area contributed by atoms with Crippen molar-refractivity contribution in [2.75, 3.05) is 0 Å². The van der Waals surface area contributed by atoms with Gasteiger partial charge in [0.2, 0.25) is 5.91 Å². The molecule has 0 aliphatic heterocycles. The predicted octanol–water partition coefficient (Wildman–Crippen LogP) is 1.69. The maximum atomic E-state index is 12.3. The van der Waals surface area contributed by atoms with Gasteiger partial charge >= 0.3 is 5.97 Å². The lowest BCUT2D eigenvalue weighted by atomic mass is 9.90. The summed E-state index contributed by atoms with van der Waals surface area (Å²) in [6, 6.07) is 0.654. The largest absolute Gasteiger partial charge is 0.480 e. The molecular formula is C16H22N2O5. The van der Waals surface area contributed by atoms with Gasteiger partial charge in [-0.2, -0.15) is 0 Å². The molecule has 0 radical (unpaired) electrons. The molecule has 23 heavy (non-hydrogen) atoms. The third kappa shape index (κ3) is 4.12. The molecule has 1 atom stereocenters. The highest BCUT2D eigenvalue weighted by molar-refractivity contribution is 5.98. The van der Waals surface area contributed by atoms with Crippen molar-refractivity contribution in [2.24, 2.45) is 0 Å². The number of carboxylic acid groups (broad SMARTS) is 1. The van der Waals surface area contributed by atoms with Crippen molar-refractivity contribution in [3.05, 3.63) is 24.2 Å². The van der Waals surface area contributed by atoms with Gasteiger partial charge in [-0.25, -0.2) is 4.79 Å². The van der Waals surface area contributed by atoms with Crippen molar-refractivity contribution in [1.29, 1.82) is 0 Å². The Morgan fingerprint density at radius 3 is 2.39 bits per heavy atom. The van der Waals surface area contributed by atoms with Crippen LogP contribution in [0.15, 0.2) is 23.0 Å². The Labute approximate surface area is 134 Å². The van der Waals surface area contributed by atoms with Crippen LogP contribution in [0.2, 0.25) is 0 Å². The minimum atomic E-state index is -1.23. The van der Waals surface area contributed by atoms with Crippen molar-refractivity contribution < 1.29 is 23.9 Å². The van der Waals surface area contributed by atoms with Gasteiger partial charge in [-0.05, 0) is 25.8 Å². The van der Waals surface area contributed by atoms with E-state index in [0.29, 0.717) is 18.4 Å². The number of aliphatic carboxylic acids is 1. The Balaban J connectivity index is 2.00. The van der Waals surface area contributed by atoms with Crippen molar-refractivity contribution in [2.45, 2.75) is 57.0 Å². The van der Waals surface area contributed by atoms with E-state index in [0.717, 1.165) is 25.7 Å². The first-order chi connectivity index (χ1) is 10.9. The standard InChI is InChI=1S/C16H22N2O5/c1-11(17-14(20)12-6-9-23-10-12)13(19)18-16(15(21)22)7-4-2-3-5-8-16/h6,9-11H,2-5,7-8H2,1H3,(H,17,20)(H,18,19)(H,21,22). The highest BCUT2D eigenvalue weighted by Gasteiger charge is 2.40. The summed E-state index contributed by atoms with van der Waals surface area (Å²) in [5, 5.41) is 14.7. The maximum absolute atomic E-state index is 12.3. The molecule has 3 N–H and O–H groups in total. The van der Waals surface area contributed by atoms with E-state index < -0.39 is 29.4 Å². The summed E-state index contributed by atoms with van der Waals surface area (Å²) in [7, 11) is 0. The molecule has 1 aromatic heterocycles. The Morgan fingerprint density at radius 1 is 1.22 bits per heavy atom. The van der Waals surface area contributed by atoms with Gasteiger partial charge in [-0.3, -0.25) is 9.59 Å². The second-order valence-electron chi connectivity index (χ2n) is 6.00. The fraction of sp³-hybridized carbons (Fsp3) is 0.562. The number of furan rings is 1. The number of nitrogens with one attached hydrogen (secondary N) is 2. The van der Waals surface area contributed by atoms with E-state index in [1.807, 2.05) is 0 Å². The van der Waals surface area contributed by atoms with Crippen LogP contribution in [0, 0.1) is 0 Å². The topological polar surface area (TPSA) is 109 Å². The molecule has 7 heteroatoms. The summed E-state index contributed by atoms with van der Waals surface area (Å²) in [6.07, 6.45) is 6.95. The molecule has 1 aromatic rings. The number of carbonyl (C=O) groups excluding carboxylic acids is 2. The molecule has 2 rings (SSSR count). The summed E-state index contributed by atoms with van der Waals surface area (Å²) < 4.78 is 4.82. The average molecular weight is 322 g/mol. The van der Waals surface area contributed by atoms with E-state index in [1.54, 1.807) is 0 Å². The van der Waals surface area contributed by atoms with Crippen LogP contribution in [0.5, 0.6) is 0 Å². The molecule has 1 aliphatic carbocycles. The van der Waals surface area contributed by atoms with E-state index in [1.165, 1.54) is 25.5 Å². The molecule has 126 valence electrons. The number of amides is 2. The normalized spacial score (nSPS) is 18.5. The average Bonchev–Trinajstić information content (AvgIpc) is 2.94. The summed E-state index contributed by atoms with van der Waals surface area (Å²) in [6.45, 7) is 1.53. The molecule has 7 nitrogen and oxygen atoms in total. The van der Waals surface area contributed by atoms with Crippen LogP contribution < -0.4 is 10.6 Å². The zero-order valence-corrected chi connectivity index (χ0v) is 13.1. The number of carboxylic acids is 1. The third-order valence-electron chi connectivity index (χ3n) is 4.25. The van der Waals surface area contributed by atoms with Crippen molar-refractivity contribution in [3.8, 4) is 0 Å². The van der Waals surface area contributed by atoms with E-state index in [-0.39, 0.29) is 0 Å². The molecule has 0 bridgehead atoms. The fourth-order valence-electron chi connectivity index (χ4n) is 2.81. The van der Waals surface area contributed by atoms with Crippen LogP contribution in [0.1, 0.15) is 55.8 Å². The van der Waals surface area contributed by atoms with Gasteiger partial charge in [0, 0.05) is 0 Å². The number of hydrogen-bond donors (Lipinski definition) is 3. The van der Waals surface area contributed by atoms with Crippen molar-refractivity contribution >= 4 is 17.8 Å². The number of rotatable bonds is 5. The van der Waals surface area contributed by atoms with Crippen LogP contribution in [0.25, 0.3) is 0 Å². The molecule has 0 spiro atoms. The molecule has 0 aromatic carbocycles. The summed E-state index contributed by atoms with van der Waals surface area (Å²) >= 11 is 0. The molecule has 1 fully saturated rings. The minimum Gasteiger partial charge on any atom is -0.480 e. The van der Waals surface area contributed by atoms with E-state index >= 15 is 0 Å². The Hall–Kier alpha value is -2.31. The molecular weight excluding hydrogens is 300 g/mol. The van der Waals surface area contributed by atoms with E-state index in [4.69, 9.17) is 4.42 Å². The SMILES string of the molecule is CC(NC(=O)c1ccoc1)C(=O)NC1(C(=O)O)CCCCCC1. The zero-order valence-electron chi connectivity index (χ0n) is 13.1. The summed E-state index contributed by atoms with van der Waals surface area (Å²) in [5.74, 6) is -1.95. The highest BCUT2D eigenvalue weighted by atomic mass is 16.4. The first kappa shape index (κ1) is 17.1. The number of hydrogen-bond acceptors (Lipinski definition) is 4. The Bertz CT molecular complexity index is 559. The second kappa shape index (κ2) is 7.30. The van der Waals surface area contributed by atoms with Gasteiger partial charge in [-0.15, -0.1) is 0 Å².